The molecule has 6 N–H and O–H groups in total. The smallest absolute Gasteiger partial charge is 0.248 e. The van der Waals surface area contributed by atoms with Crippen molar-refractivity contribution in [3.05, 3.63) is 59.3 Å². The Hall–Kier alpha value is -3.39. The van der Waals surface area contributed by atoms with Gasteiger partial charge in [0.1, 0.15) is 5.69 Å². The second-order valence-corrected chi connectivity index (χ2v) is 5.47. The van der Waals surface area contributed by atoms with E-state index in [-0.39, 0.29) is 0 Å². The summed E-state index contributed by atoms with van der Waals surface area (Å²) in [5, 5.41) is 0.864. The van der Waals surface area contributed by atoms with Crippen molar-refractivity contribution < 1.29 is 4.79 Å². The number of aromatic nitrogens is 1. The molecule has 0 unspecified atom stereocenters. The Kier molecular flexibility index (Phi) is 3.88. The van der Waals surface area contributed by atoms with Crippen LogP contribution < -0.4 is 17.2 Å². The molecule has 3 aromatic rings. The monoisotopic (exact) mass is 318 g/mol. The largest absolute Gasteiger partial charge is 0.399 e. The molecule has 0 aliphatic heterocycles. The van der Waals surface area contributed by atoms with Gasteiger partial charge in [0.2, 0.25) is 5.91 Å². The third kappa shape index (κ3) is 2.66. The lowest BCUT2D eigenvalue weighted by Gasteiger charge is -2.04. The van der Waals surface area contributed by atoms with E-state index in [1.54, 1.807) is 12.1 Å². The number of nitrogens with two attached hydrogens (primary N) is 3. The summed E-state index contributed by atoms with van der Waals surface area (Å²) >= 11 is 0. The molecule has 0 aliphatic rings. The molecule has 0 spiro atoms. The first-order valence-corrected chi connectivity index (χ1v) is 7.60. The normalized spacial score (nSPS) is 10.4. The molecule has 0 radical (unpaired) electrons. The highest BCUT2D eigenvalue weighted by Crippen LogP contribution is 2.29. The minimum Gasteiger partial charge on any atom is -0.399 e. The van der Waals surface area contributed by atoms with E-state index < -0.39 is 5.91 Å². The summed E-state index contributed by atoms with van der Waals surface area (Å²) in [4.78, 5) is 11.4. The Morgan fingerprint density at radius 2 is 1.79 bits per heavy atom. The predicted octanol–water partition coefficient (Wildman–Crippen LogP) is 2.32. The molecule has 120 valence electrons. The Morgan fingerprint density at radius 1 is 1.08 bits per heavy atom. The van der Waals surface area contributed by atoms with Gasteiger partial charge in [-0.3, -0.25) is 4.79 Å². The highest BCUT2D eigenvalue weighted by molar-refractivity contribution is 6.01. The van der Waals surface area contributed by atoms with E-state index in [0.29, 0.717) is 23.5 Å². The fourth-order valence-corrected chi connectivity index (χ4v) is 2.69. The molecule has 0 fully saturated rings. The Balaban J connectivity index is 2.16. The van der Waals surface area contributed by atoms with E-state index in [9.17, 15) is 4.79 Å². The van der Waals surface area contributed by atoms with Crippen LogP contribution in [0.3, 0.4) is 0 Å². The topological polar surface area (TPSA) is 100 Å². The molecule has 1 amide bonds. The van der Waals surface area contributed by atoms with E-state index in [4.69, 9.17) is 17.2 Å². The summed E-state index contributed by atoms with van der Waals surface area (Å²) in [6, 6.07) is 12.6. The van der Waals surface area contributed by atoms with Crippen LogP contribution in [0.1, 0.15) is 28.5 Å². The van der Waals surface area contributed by atoms with Crippen molar-refractivity contribution in [1.29, 1.82) is 0 Å². The summed E-state index contributed by atoms with van der Waals surface area (Å²) in [6.45, 7) is 2.69. The molecule has 5 nitrogen and oxygen atoms in total. The first-order valence-electron chi connectivity index (χ1n) is 7.60. The first kappa shape index (κ1) is 15.5. The number of fused-ring (bicyclic) bond motifs is 1. The number of aryl methyl sites for hydroxylation is 1. The Labute approximate surface area is 140 Å². The van der Waals surface area contributed by atoms with Crippen LogP contribution in [0.5, 0.6) is 0 Å². The summed E-state index contributed by atoms with van der Waals surface area (Å²) in [6.07, 6.45) is 0. The van der Waals surface area contributed by atoms with E-state index in [0.717, 1.165) is 22.2 Å². The quantitative estimate of drug-likeness (QED) is 0.499. The standard InChI is InChI=1S/C19H18N4O/c1-2-23-16(10-5-12-3-7-14(20)8-4-12)18(21)15-9-6-13(19(22)24)11-17(15)23/h3-4,6-9,11H,2,20-21H2,1H3,(H2,22,24). The molecule has 0 aliphatic carbocycles. The lowest BCUT2D eigenvalue weighted by atomic mass is 10.1. The molecular weight excluding hydrogens is 300 g/mol. The minimum atomic E-state index is -0.464. The molecule has 1 heterocycles. The lowest BCUT2D eigenvalue weighted by Crippen LogP contribution is -2.10. The van der Waals surface area contributed by atoms with Crippen LogP contribution in [0.25, 0.3) is 10.9 Å². The average Bonchev–Trinajstić information content (AvgIpc) is 2.85. The zero-order valence-corrected chi connectivity index (χ0v) is 13.3. The number of anilines is 2. The van der Waals surface area contributed by atoms with Gasteiger partial charge in [0.25, 0.3) is 0 Å². The maximum atomic E-state index is 11.4. The number of hydrogen-bond donors (Lipinski definition) is 3. The summed E-state index contributed by atoms with van der Waals surface area (Å²) in [5.74, 6) is 5.78. The summed E-state index contributed by atoms with van der Waals surface area (Å²) < 4.78 is 1.99. The van der Waals surface area contributed by atoms with Gasteiger partial charge in [0.15, 0.2) is 0 Å². The second-order valence-electron chi connectivity index (χ2n) is 5.47. The van der Waals surface area contributed by atoms with Crippen molar-refractivity contribution in [1.82, 2.24) is 4.57 Å². The molecule has 0 atom stereocenters. The van der Waals surface area contributed by atoms with Crippen molar-refractivity contribution in [2.45, 2.75) is 13.5 Å². The van der Waals surface area contributed by atoms with E-state index in [1.165, 1.54) is 0 Å². The number of hydrogen-bond acceptors (Lipinski definition) is 3. The van der Waals surface area contributed by atoms with Gasteiger partial charge in [-0.2, -0.15) is 0 Å². The zero-order chi connectivity index (χ0) is 17.3. The highest BCUT2D eigenvalue weighted by atomic mass is 16.1. The zero-order valence-electron chi connectivity index (χ0n) is 13.3. The number of amides is 1. The fraction of sp³-hybridized carbons (Fsp3) is 0.105. The molecular formula is C19H18N4O. The number of nitrogen functional groups attached to an aromatic ring is 2. The van der Waals surface area contributed by atoms with Gasteiger partial charge in [-0.25, -0.2) is 0 Å². The number of nitrogens with zero attached hydrogens (tertiary/aromatic N) is 1. The lowest BCUT2D eigenvalue weighted by molar-refractivity contribution is 0.100. The van der Waals surface area contributed by atoms with Crippen LogP contribution in [0, 0.1) is 11.8 Å². The number of rotatable bonds is 2. The third-order valence-electron chi connectivity index (χ3n) is 3.94. The first-order chi connectivity index (χ1) is 11.5. The average molecular weight is 318 g/mol. The predicted molar refractivity (Wildman–Crippen MR) is 97.4 cm³/mol. The number of primary amides is 1. The number of carbonyl (C=O) groups excluding carboxylic acids is 1. The van der Waals surface area contributed by atoms with Crippen molar-refractivity contribution in [2.75, 3.05) is 11.5 Å². The SMILES string of the molecule is CCn1c(C#Cc2ccc(N)cc2)c(N)c2ccc(C(N)=O)cc21. The number of benzene rings is 2. The van der Waals surface area contributed by atoms with E-state index in [1.807, 2.05) is 41.8 Å². The number of carbonyl (C=O) groups is 1. The Morgan fingerprint density at radius 3 is 2.42 bits per heavy atom. The van der Waals surface area contributed by atoms with Gasteiger partial charge in [-0.1, -0.05) is 5.92 Å². The van der Waals surface area contributed by atoms with Gasteiger partial charge >= 0.3 is 0 Å². The van der Waals surface area contributed by atoms with Crippen LogP contribution in [0.2, 0.25) is 0 Å². The molecule has 2 aromatic carbocycles. The van der Waals surface area contributed by atoms with Gasteiger partial charge < -0.3 is 21.8 Å². The van der Waals surface area contributed by atoms with Crippen LogP contribution in [0.4, 0.5) is 11.4 Å². The molecule has 0 saturated carbocycles. The van der Waals surface area contributed by atoms with Gasteiger partial charge in [0.05, 0.1) is 11.2 Å². The maximum absolute atomic E-state index is 11.4. The second kappa shape index (κ2) is 6.01. The highest BCUT2D eigenvalue weighted by Gasteiger charge is 2.14. The Bertz CT molecular complexity index is 988. The summed E-state index contributed by atoms with van der Waals surface area (Å²) in [7, 11) is 0. The molecule has 1 aromatic heterocycles. The van der Waals surface area contributed by atoms with E-state index >= 15 is 0 Å². The molecule has 24 heavy (non-hydrogen) atoms. The van der Waals surface area contributed by atoms with E-state index in [2.05, 4.69) is 11.8 Å². The van der Waals surface area contributed by atoms with Crippen LogP contribution in [0.15, 0.2) is 42.5 Å². The minimum absolute atomic E-state index is 0.452. The van der Waals surface area contributed by atoms with Crippen LogP contribution in [-0.2, 0) is 6.54 Å². The van der Waals surface area contributed by atoms with Crippen molar-refractivity contribution >= 4 is 28.2 Å². The van der Waals surface area contributed by atoms with Crippen molar-refractivity contribution in [3.63, 3.8) is 0 Å². The van der Waals surface area contributed by atoms with Gasteiger partial charge in [0, 0.05) is 28.7 Å². The maximum Gasteiger partial charge on any atom is 0.248 e. The molecule has 0 saturated heterocycles. The molecule has 5 heteroatoms. The fourth-order valence-electron chi connectivity index (χ4n) is 2.69. The van der Waals surface area contributed by atoms with Gasteiger partial charge in [-0.15, -0.1) is 0 Å². The van der Waals surface area contributed by atoms with Crippen molar-refractivity contribution in [2.24, 2.45) is 5.73 Å². The third-order valence-corrected chi connectivity index (χ3v) is 3.94. The van der Waals surface area contributed by atoms with Gasteiger partial charge in [-0.05, 0) is 55.3 Å². The molecule has 0 bridgehead atoms. The van der Waals surface area contributed by atoms with Crippen LogP contribution >= 0.6 is 0 Å². The van der Waals surface area contributed by atoms with Crippen LogP contribution in [-0.4, -0.2) is 10.5 Å². The molecule has 3 rings (SSSR count). The van der Waals surface area contributed by atoms with Crippen molar-refractivity contribution in [3.8, 4) is 11.8 Å². The summed E-state index contributed by atoms with van der Waals surface area (Å²) in [5.41, 5.74) is 21.5.